The van der Waals surface area contributed by atoms with Crippen LogP contribution < -0.4 is 11.2 Å². The van der Waals surface area contributed by atoms with E-state index in [1.807, 2.05) is 0 Å². The number of ether oxygens (including phenoxy) is 1. The highest BCUT2D eigenvalue weighted by Gasteiger charge is 2.27. The van der Waals surface area contributed by atoms with Crippen molar-refractivity contribution in [2.24, 2.45) is 0 Å². The van der Waals surface area contributed by atoms with E-state index >= 15 is 0 Å². The Hall–Kier alpha value is -3.16. The van der Waals surface area contributed by atoms with Gasteiger partial charge < -0.3 is 9.15 Å². The van der Waals surface area contributed by atoms with Gasteiger partial charge >= 0.3 is 11.7 Å². The highest BCUT2D eigenvalue weighted by atomic mass is 16.5. The van der Waals surface area contributed by atoms with Crippen molar-refractivity contribution < 1.29 is 13.9 Å². The van der Waals surface area contributed by atoms with Crippen LogP contribution in [0.25, 0.3) is 11.0 Å². The van der Waals surface area contributed by atoms with Gasteiger partial charge in [0.2, 0.25) is 0 Å². The van der Waals surface area contributed by atoms with Crippen molar-refractivity contribution in [2.45, 2.75) is 25.3 Å². The van der Waals surface area contributed by atoms with Crippen LogP contribution in [0.1, 0.15) is 34.8 Å². The summed E-state index contributed by atoms with van der Waals surface area (Å²) in [6, 6.07) is 3.27. The number of rotatable bonds is 5. The lowest BCUT2D eigenvalue weighted by atomic mass is 10.2. The van der Waals surface area contributed by atoms with Gasteiger partial charge in [0, 0.05) is 18.7 Å². The van der Waals surface area contributed by atoms with Crippen LogP contribution in [0.15, 0.2) is 44.9 Å². The van der Waals surface area contributed by atoms with Gasteiger partial charge in [0.15, 0.2) is 0 Å². The number of nitrogens with zero attached hydrogens (tertiary/aromatic N) is 2. The lowest BCUT2D eigenvalue weighted by Crippen LogP contribution is -2.30. The molecule has 0 atom stereocenters. The lowest BCUT2D eigenvalue weighted by molar-refractivity contribution is 0.0509. The number of hydrogen-bond acceptors (Lipinski definition) is 6. The Morgan fingerprint density at radius 2 is 2.24 bits per heavy atom. The van der Waals surface area contributed by atoms with Gasteiger partial charge in [-0.25, -0.2) is 14.6 Å². The molecule has 1 fully saturated rings. The van der Waals surface area contributed by atoms with Gasteiger partial charge in [0.1, 0.15) is 5.65 Å². The first-order chi connectivity index (χ1) is 12.1. The second-order valence-corrected chi connectivity index (χ2v) is 5.97. The van der Waals surface area contributed by atoms with E-state index < -0.39 is 17.2 Å². The maximum Gasteiger partial charge on any atom is 0.339 e. The maximum absolute atomic E-state index is 12.2. The molecule has 1 aliphatic carbocycles. The first-order valence-corrected chi connectivity index (χ1v) is 7.96. The molecule has 0 aromatic carbocycles. The predicted molar refractivity (Wildman–Crippen MR) is 87.6 cm³/mol. The summed E-state index contributed by atoms with van der Waals surface area (Å²) in [5.41, 5.74) is 0.368. The molecule has 3 aromatic rings. The quantitative estimate of drug-likeness (QED) is 0.703. The molecule has 0 spiro atoms. The summed E-state index contributed by atoms with van der Waals surface area (Å²) in [7, 11) is 0. The van der Waals surface area contributed by atoms with E-state index in [1.165, 1.54) is 16.8 Å². The predicted octanol–water partition coefficient (Wildman–Crippen LogP) is 1.41. The summed E-state index contributed by atoms with van der Waals surface area (Å²) in [5, 5.41) is 0.204. The van der Waals surface area contributed by atoms with Crippen molar-refractivity contribution in [1.29, 1.82) is 0 Å². The molecule has 8 heteroatoms. The molecule has 0 radical (unpaired) electrons. The van der Waals surface area contributed by atoms with E-state index in [0.29, 0.717) is 12.1 Å². The van der Waals surface area contributed by atoms with Gasteiger partial charge in [0.05, 0.1) is 30.1 Å². The highest BCUT2D eigenvalue weighted by Crippen LogP contribution is 2.34. The molecule has 0 aliphatic heterocycles. The molecule has 8 nitrogen and oxygen atoms in total. The number of furan rings is 1. The van der Waals surface area contributed by atoms with Crippen molar-refractivity contribution in [3.8, 4) is 0 Å². The van der Waals surface area contributed by atoms with Crippen molar-refractivity contribution in [2.75, 3.05) is 6.61 Å². The van der Waals surface area contributed by atoms with Crippen LogP contribution in [-0.2, 0) is 11.2 Å². The average Bonchev–Trinajstić information content (AvgIpc) is 3.29. The number of hydrogen-bond donors (Lipinski definition) is 1. The Labute approximate surface area is 141 Å². The van der Waals surface area contributed by atoms with Crippen LogP contribution in [0.4, 0.5) is 0 Å². The zero-order valence-corrected chi connectivity index (χ0v) is 13.2. The van der Waals surface area contributed by atoms with E-state index in [2.05, 4.69) is 9.97 Å². The molecular weight excluding hydrogens is 326 g/mol. The molecule has 0 bridgehead atoms. The molecule has 3 aromatic heterocycles. The number of esters is 1. The molecule has 4 rings (SSSR count). The van der Waals surface area contributed by atoms with Crippen LogP contribution in [0.2, 0.25) is 0 Å². The Kier molecular flexibility index (Phi) is 3.72. The number of aromatic amines is 1. The van der Waals surface area contributed by atoms with Crippen molar-refractivity contribution >= 4 is 17.0 Å². The molecule has 3 heterocycles. The van der Waals surface area contributed by atoms with E-state index in [-0.39, 0.29) is 23.6 Å². The molecular formula is C17H15N3O5. The zero-order valence-electron chi connectivity index (χ0n) is 13.2. The fourth-order valence-electron chi connectivity index (χ4n) is 2.70. The number of fused-ring (bicyclic) bond motifs is 1. The lowest BCUT2D eigenvalue weighted by Gasteiger charge is -2.08. The zero-order chi connectivity index (χ0) is 17.4. The minimum atomic E-state index is -0.568. The standard InChI is InChI=1S/C17H15N3O5/c21-15-13-7-11(16(22)25-6-4-10-3-5-24-9-10)8-18-14(13)20(12-1-2-12)17(23)19-15/h3,5,7-9,12H,1-2,4,6H2,(H,19,21,23). The van der Waals surface area contributed by atoms with Gasteiger partial charge in [-0.3, -0.25) is 14.3 Å². The average molecular weight is 341 g/mol. The number of nitrogens with one attached hydrogen (secondary N) is 1. The fourth-order valence-corrected chi connectivity index (χ4v) is 2.70. The second kappa shape index (κ2) is 6.04. The Morgan fingerprint density at radius 1 is 1.40 bits per heavy atom. The monoisotopic (exact) mass is 341 g/mol. The Bertz CT molecular complexity index is 1040. The van der Waals surface area contributed by atoms with Gasteiger partial charge in [-0.05, 0) is 30.5 Å². The summed E-state index contributed by atoms with van der Waals surface area (Å²) in [4.78, 5) is 42.7. The number of carbonyl (C=O) groups is 1. The van der Waals surface area contributed by atoms with Crippen LogP contribution in [0.3, 0.4) is 0 Å². The summed E-state index contributed by atoms with van der Waals surface area (Å²) in [6.07, 6.45) is 6.75. The molecule has 1 N–H and O–H groups in total. The van der Waals surface area contributed by atoms with E-state index in [4.69, 9.17) is 9.15 Å². The maximum atomic E-state index is 12.2. The van der Waals surface area contributed by atoms with Gasteiger partial charge in [-0.15, -0.1) is 0 Å². The van der Waals surface area contributed by atoms with Crippen LogP contribution in [-0.4, -0.2) is 27.1 Å². The third-order valence-electron chi connectivity index (χ3n) is 4.13. The summed E-state index contributed by atoms with van der Waals surface area (Å²) >= 11 is 0. The third kappa shape index (κ3) is 2.98. The first kappa shape index (κ1) is 15.4. The van der Waals surface area contributed by atoms with Crippen molar-refractivity contribution in [1.82, 2.24) is 14.5 Å². The molecule has 0 amide bonds. The minimum absolute atomic E-state index is 0.0621. The largest absolute Gasteiger partial charge is 0.472 e. The number of H-pyrrole nitrogens is 1. The summed E-state index contributed by atoms with van der Waals surface area (Å²) in [5.74, 6) is -0.568. The van der Waals surface area contributed by atoms with Gasteiger partial charge in [0.25, 0.3) is 5.56 Å². The van der Waals surface area contributed by atoms with Gasteiger partial charge in [-0.2, -0.15) is 0 Å². The first-order valence-electron chi connectivity index (χ1n) is 7.96. The summed E-state index contributed by atoms with van der Waals surface area (Å²) < 4.78 is 11.6. The number of carbonyl (C=O) groups excluding carboxylic acids is 1. The van der Waals surface area contributed by atoms with E-state index in [0.717, 1.165) is 18.4 Å². The number of pyridine rings is 1. The molecule has 1 aliphatic rings. The Morgan fingerprint density at radius 3 is 2.96 bits per heavy atom. The molecule has 0 unspecified atom stereocenters. The second-order valence-electron chi connectivity index (χ2n) is 5.97. The molecule has 25 heavy (non-hydrogen) atoms. The molecule has 128 valence electrons. The third-order valence-corrected chi connectivity index (χ3v) is 4.13. The normalized spacial score (nSPS) is 13.9. The van der Waals surface area contributed by atoms with E-state index in [1.54, 1.807) is 18.6 Å². The SMILES string of the molecule is O=C(OCCc1ccoc1)c1cnc2c(c1)c(=O)[nH]c(=O)n2C1CC1. The van der Waals surface area contributed by atoms with Crippen LogP contribution >= 0.6 is 0 Å². The van der Waals surface area contributed by atoms with Crippen LogP contribution in [0, 0.1) is 0 Å². The highest BCUT2D eigenvalue weighted by molar-refractivity contribution is 5.92. The number of aromatic nitrogens is 3. The minimum Gasteiger partial charge on any atom is -0.472 e. The smallest absolute Gasteiger partial charge is 0.339 e. The van der Waals surface area contributed by atoms with Crippen molar-refractivity contribution in [3.63, 3.8) is 0 Å². The molecule has 1 saturated carbocycles. The Balaban J connectivity index is 1.59. The fraction of sp³-hybridized carbons (Fsp3) is 0.294. The summed E-state index contributed by atoms with van der Waals surface area (Å²) in [6.45, 7) is 0.189. The van der Waals surface area contributed by atoms with Crippen molar-refractivity contribution in [3.05, 3.63) is 62.8 Å². The topological polar surface area (TPSA) is 107 Å². The van der Waals surface area contributed by atoms with Crippen LogP contribution in [0.5, 0.6) is 0 Å². The van der Waals surface area contributed by atoms with E-state index in [9.17, 15) is 14.4 Å². The molecule has 0 saturated heterocycles. The van der Waals surface area contributed by atoms with Gasteiger partial charge in [-0.1, -0.05) is 0 Å².